The summed E-state index contributed by atoms with van der Waals surface area (Å²) in [7, 11) is 0. The molecule has 2 aromatic heterocycles. The third-order valence-corrected chi connectivity index (χ3v) is 6.55. The zero-order valence-electron chi connectivity index (χ0n) is 17.0. The number of nitrogens with zero attached hydrogens (tertiary/aromatic N) is 4. The summed E-state index contributed by atoms with van der Waals surface area (Å²) in [5.41, 5.74) is 5.97. The van der Waals surface area contributed by atoms with Crippen molar-refractivity contribution in [2.75, 3.05) is 5.32 Å². The van der Waals surface area contributed by atoms with Crippen LogP contribution in [0.5, 0.6) is 5.75 Å². The lowest BCUT2D eigenvalue weighted by Crippen LogP contribution is -2.32. The lowest BCUT2D eigenvalue weighted by atomic mass is 9.85. The van der Waals surface area contributed by atoms with Crippen LogP contribution in [-0.2, 0) is 0 Å². The van der Waals surface area contributed by atoms with E-state index in [1.165, 1.54) is 0 Å². The number of halogens is 2. The van der Waals surface area contributed by atoms with Crippen LogP contribution in [0.3, 0.4) is 0 Å². The molecule has 8 heteroatoms. The first kappa shape index (κ1) is 19.3. The van der Waals surface area contributed by atoms with Crippen molar-refractivity contribution >= 4 is 34.8 Å². The monoisotopic (exact) mass is 461 g/mol. The summed E-state index contributed by atoms with van der Waals surface area (Å²) in [6.07, 6.45) is 4.75. The van der Waals surface area contributed by atoms with Gasteiger partial charge in [0.2, 0.25) is 5.95 Å². The van der Waals surface area contributed by atoms with Crippen molar-refractivity contribution in [1.29, 1.82) is 0 Å². The lowest BCUT2D eigenvalue weighted by molar-refractivity contribution is 0.223. The summed E-state index contributed by atoms with van der Waals surface area (Å²) >= 11 is 12.6. The Hall–Kier alpha value is -3.35. The number of fused-ring (bicyclic) bond motifs is 3. The van der Waals surface area contributed by atoms with Gasteiger partial charge in [-0.3, -0.25) is 4.98 Å². The second-order valence-corrected chi connectivity index (χ2v) is 8.66. The van der Waals surface area contributed by atoms with Crippen LogP contribution in [0, 0.1) is 6.92 Å². The molecule has 1 N–H and O–H groups in total. The van der Waals surface area contributed by atoms with Crippen LogP contribution in [0.2, 0.25) is 10.0 Å². The van der Waals surface area contributed by atoms with Crippen LogP contribution in [-0.4, -0.2) is 19.7 Å². The van der Waals surface area contributed by atoms with Crippen LogP contribution in [0.25, 0.3) is 5.70 Å². The molecule has 2 aromatic carbocycles. The Morgan fingerprint density at radius 2 is 1.94 bits per heavy atom. The standard InChI is InChI=1S/C24H17Cl2N5O/c1-13-4-7-19-16(9-13)21-20(23(32-19)14-5-6-17(25)18(26)10-14)22(15-3-2-8-27-11-15)31-24(30-21)28-12-29-31/h2-12,22-23H,1H3,(H,28,29,30)/t22-,23-/m0/s1. The normalized spacial score (nSPS) is 18.8. The van der Waals surface area contributed by atoms with E-state index in [1.807, 2.05) is 47.3 Å². The van der Waals surface area contributed by atoms with Crippen molar-refractivity contribution in [1.82, 2.24) is 19.7 Å². The van der Waals surface area contributed by atoms with E-state index in [4.69, 9.17) is 27.9 Å². The number of aromatic nitrogens is 4. The molecule has 0 spiro atoms. The average molecular weight is 462 g/mol. The number of rotatable bonds is 2. The predicted octanol–water partition coefficient (Wildman–Crippen LogP) is 5.85. The summed E-state index contributed by atoms with van der Waals surface area (Å²) in [4.78, 5) is 8.80. The zero-order valence-corrected chi connectivity index (χ0v) is 18.5. The summed E-state index contributed by atoms with van der Waals surface area (Å²) < 4.78 is 8.46. The predicted molar refractivity (Wildman–Crippen MR) is 124 cm³/mol. The number of hydrogen-bond donors (Lipinski definition) is 1. The third kappa shape index (κ3) is 2.98. The summed E-state index contributed by atoms with van der Waals surface area (Å²) in [6, 6.07) is 15.5. The minimum Gasteiger partial charge on any atom is -0.480 e. The van der Waals surface area contributed by atoms with E-state index in [2.05, 4.69) is 33.4 Å². The number of anilines is 1. The maximum absolute atomic E-state index is 6.60. The molecule has 0 aliphatic carbocycles. The highest BCUT2D eigenvalue weighted by Crippen LogP contribution is 2.51. The Balaban J connectivity index is 1.64. The number of ether oxygens (including phenoxy) is 1. The molecule has 2 atom stereocenters. The fourth-order valence-electron chi connectivity index (χ4n) is 4.39. The van der Waals surface area contributed by atoms with Gasteiger partial charge in [0.1, 0.15) is 24.2 Å². The van der Waals surface area contributed by atoms with Gasteiger partial charge < -0.3 is 10.1 Å². The van der Waals surface area contributed by atoms with E-state index < -0.39 is 6.10 Å². The van der Waals surface area contributed by atoms with Gasteiger partial charge in [-0.1, -0.05) is 47.0 Å². The van der Waals surface area contributed by atoms with Gasteiger partial charge in [-0.2, -0.15) is 10.1 Å². The molecule has 158 valence electrons. The SMILES string of the molecule is Cc1ccc2c(c1)C1=C([C@H](c3ccc(Cl)c(Cl)c3)O2)[C@H](c2cccnc2)n2ncnc2N1. The minimum atomic E-state index is -0.412. The highest BCUT2D eigenvalue weighted by atomic mass is 35.5. The van der Waals surface area contributed by atoms with Gasteiger partial charge in [-0.25, -0.2) is 4.68 Å². The molecule has 0 amide bonds. The molecule has 0 saturated carbocycles. The Morgan fingerprint density at radius 3 is 2.75 bits per heavy atom. The summed E-state index contributed by atoms with van der Waals surface area (Å²) in [6.45, 7) is 2.06. The first-order valence-corrected chi connectivity index (χ1v) is 10.9. The molecule has 2 aliphatic heterocycles. The molecule has 4 heterocycles. The largest absolute Gasteiger partial charge is 0.480 e. The molecule has 0 unspecified atom stereocenters. The molecule has 0 bridgehead atoms. The number of hydrogen-bond acceptors (Lipinski definition) is 5. The Kier molecular flexibility index (Phi) is 4.45. The third-order valence-electron chi connectivity index (χ3n) is 5.82. The Morgan fingerprint density at radius 1 is 1.03 bits per heavy atom. The van der Waals surface area contributed by atoms with Crippen LogP contribution < -0.4 is 10.1 Å². The topological polar surface area (TPSA) is 64.9 Å². The van der Waals surface area contributed by atoms with E-state index in [0.717, 1.165) is 39.3 Å². The van der Waals surface area contributed by atoms with E-state index in [1.54, 1.807) is 18.6 Å². The van der Waals surface area contributed by atoms with E-state index >= 15 is 0 Å². The molecule has 6 rings (SSSR count). The molecule has 0 radical (unpaired) electrons. The highest BCUT2D eigenvalue weighted by Gasteiger charge is 2.41. The minimum absolute atomic E-state index is 0.259. The van der Waals surface area contributed by atoms with Crippen molar-refractivity contribution in [2.45, 2.75) is 19.1 Å². The van der Waals surface area contributed by atoms with Gasteiger partial charge in [0.25, 0.3) is 0 Å². The van der Waals surface area contributed by atoms with Gasteiger partial charge in [-0.05, 0) is 48.4 Å². The van der Waals surface area contributed by atoms with Gasteiger partial charge in [0, 0.05) is 23.5 Å². The van der Waals surface area contributed by atoms with Crippen molar-refractivity contribution in [3.8, 4) is 5.75 Å². The zero-order chi connectivity index (χ0) is 21.8. The van der Waals surface area contributed by atoms with E-state index in [9.17, 15) is 0 Å². The lowest BCUT2D eigenvalue weighted by Gasteiger charge is -2.39. The molecule has 0 fully saturated rings. The number of aryl methyl sites for hydroxylation is 1. The summed E-state index contributed by atoms with van der Waals surface area (Å²) in [5.74, 6) is 1.45. The van der Waals surface area contributed by atoms with Gasteiger partial charge in [0.05, 0.1) is 15.7 Å². The maximum atomic E-state index is 6.60. The fraction of sp³-hybridized carbons (Fsp3) is 0.125. The van der Waals surface area contributed by atoms with Crippen molar-refractivity contribution < 1.29 is 4.74 Å². The molecular weight excluding hydrogens is 445 g/mol. The molecule has 6 nitrogen and oxygen atoms in total. The number of benzene rings is 2. The quantitative estimate of drug-likeness (QED) is 0.405. The first-order valence-electron chi connectivity index (χ1n) is 10.1. The van der Waals surface area contributed by atoms with Gasteiger partial charge in [-0.15, -0.1) is 0 Å². The smallest absolute Gasteiger partial charge is 0.226 e. The molecular formula is C24H17Cl2N5O. The average Bonchev–Trinajstić information content (AvgIpc) is 3.28. The van der Waals surface area contributed by atoms with Gasteiger partial charge >= 0.3 is 0 Å². The molecule has 0 saturated heterocycles. The van der Waals surface area contributed by atoms with Crippen LogP contribution >= 0.6 is 23.2 Å². The molecule has 2 aliphatic rings. The second kappa shape index (κ2) is 7.36. The second-order valence-electron chi connectivity index (χ2n) is 7.84. The van der Waals surface area contributed by atoms with Crippen LogP contribution in [0.4, 0.5) is 5.95 Å². The van der Waals surface area contributed by atoms with Crippen LogP contribution in [0.15, 0.2) is 72.8 Å². The molecule has 32 heavy (non-hydrogen) atoms. The van der Waals surface area contributed by atoms with E-state index in [-0.39, 0.29) is 6.04 Å². The highest BCUT2D eigenvalue weighted by molar-refractivity contribution is 6.42. The fourth-order valence-corrected chi connectivity index (χ4v) is 4.70. The molecule has 4 aromatic rings. The number of pyridine rings is 1. The summed E-state index contributed by atoms with van der Waals surface area (Å²) in [5, 5.41) is 8.99. The first-order chi connectivity index (χ1) is 15.6. The Bertz CT molecular complexity index is 1380. The van der Waals surface area contributed by atoms with Crippen molar-refractivity contribution in [2.24, 2.45) is 0 Å². The maximum Gasteiger partial charge on any atom is 0.226 e. The van der Waals surface area contributed by atoms with Crippen molar-refractivity contribution in [3.63, 3.8) is 0 Å². The van der Waals surface area contributed by atoms with Gasteiger partial charge in [0.15, 0.2) is 0 Å². The van der Waals surface area contributed by atoms with E-state index in [0.29, 0.717) is 16.0 Å². The number of nitrogens with one attached hydrogen (secondary N) is 1. The Labute approximate surface area is 194 Å². The van der Waals surface area contributed by atoms with Crippen LogP contribution in [0.1, 0.15) is 34.4 Å². The van der Waals surface area contributed by atoms with Crippen molar-refractivity contribution in [3.05, 3.63) is 105 Å².